The number of piperidine rings is 1. The number of hydrogen-bond acceptors (Lipinski definition) is 7. The highest BCUT2D eigenvalue weighted by Crippen LogP contribution is 2.27. The highest BCUT2D eigenvalue weighted by molar-refractivity contribution is 8.01. The highest BCUT2D eigenvalue weighted by Gasteiger charge is 2.25. The first kappa shape index (κ1) is 17.9. The number of anilines is 1. The lowest BCUT2D eigenvalue weighted by Crippen LogP contribution is -2.43. The predicted molar refractivity (Wildman–Crippen MR) is 97.6 cm³/mol. The average Bonchev–Trinajstić information content (AvgIpc) is 3.21. The van der Waals surface area contributed by atoms with E-state index in [0.717, 1.165) is 48.6 Å². The Hall–Kier alpha value is -0.860. The third kappa shape index (κ3) is 5.07. The molecule has 3 atom stereocenters. The Kier molecular flexibility index (Phi) is 6.35. The first-order valence-electron chi connectivity index (χ1n) is 8.69. The zero-order valence-electron chi connectivity index (χ0n) is 14.4. The van der Waals surface area contributed by atoms with Crippen LogP contribution in [0.15, 0.2) is 4.34 Å². The van der Waals surface area contributed by atoms with E-state index in [1.807, 2.05) is 4.90 Å². The standard InChI is InChI=1S/C16H26N4O2S2/c1-11-6-12(2)9-20(8-11)14(21)10-23-16-19-18-15(24-16)17-7-13-4-3-5-22-13/h11-13H,3-10H2,1-2H3,(H,17,18). The van der Waals surface area contributed by atoms with Crippen LogP contribution in [0.4, 0.5) is 5.13 Å². The molecule has 2 aliphatic rings. The maximum absolute atomic E-state index is 12.4. The molecule has 3 unspecified atom stereocenters. The van der Waals surface area contributed by atoms with Gasteiger partial charge in [0.1, 0.15) is 0 Å². The zero-order valence-corrected chi connectivity index (χ0v) is 16.0. The van der Waals surface area contributed by atoms with Gasteiger partial charge in [-0.3, -0.25) is 4.79 Å². The number of thioether (sulfide) groups is 1. The van der Waals surface area contributed by atoms with Gasteiger partial charge in [0.2, 0.25) is 11.0 Å². The molecule has 0 saturated carbocycles. The van der Waals surface area contributed by atoms with Gasteiger partial charge in [-0.1, -0.05) is 36.9 Å². The SMILES string of the molecule is CC1CC(C)CN(C(=O)CSc2nnc(NCC3CCCO3)s2)C1. The second-order valence-corrected chi connectivity index (χ2v) is 9.12. The molecule has 1 aromatic rings. The summed E-state index contributed by atoms with van der Waals surface area (Å²) in [7, 11) is 0. The van der Waals surface area contributed by atoms with Crippen LogP contribution in [0.5, 0.6) is 0 Å². The largest absolute Gasteiger partial charge is 0.376 e. The van der Waals surface area contributed by atoms with E-state index in [9.17, 15) is 4.79 Å². The van der Waals surface area contributed by atoms with Crippen molar-refractivity contribution in [2.75, 3.05) is 37.3 Å². The normalized spacial score (nSPS) is 27.4. The fraction of sp³-hybridized carbons (Fsp3) is 0.812. The van der Waals surface area contributed by atoms with E-state index in [4.69, 9.17) is 4.74 Å². The second-order valence-electron chi connectivity index (χ2n) is 6.92. The summed E-state index contributed by atoms with van der Waals surface area (Å²) in [5.74, 6) is 1.85. The fourth-order valence-corrected chi connectivity index (χ4v) is 5.09. The molecule has 1 amide bonds. The molecule has 0 aliphatic carbocycles. The Balaban J connectivity index is 1.42. The first-order valence-corrected chi connectivity index (χ1v) is 10.5. The summed E-state index contributed by atoms with van der Waals surface area (Å²) in [6, 6.07) is 0. The molecule has 3 heterocycles. The Bertz CT molecular complexity index is 538. The van der Waals surface area contributed by atoms with Gasteiger partial charge in [0.25, 0.3) is 0 Å². The number of carbonyl (C=O) groups excluding carboxylic acids is 1. The molecule has 24 heavy (non-hydrogen) atoms. The van der Waals surface area contributed by atoms with Crippen molar-refractivity contribution in [3.8, 4) is 0 Å². The summed E-state index contributed by atoms with van der Waals surface area (Å²) < 4.78 is 6.43. The maximum atomic E-state index is 12.4. The van der Waals surface area contributed by atoms with Crippen LogP contribution < -0.4 is 5.32 Å². The molecule has 1 aromatic heterocycles. The zero-order chi connectivity index (χ0) is 16.9. The van der Waals surface area contributed by atoms with Gasteiger partial charge >= 0.3 is 0 Å². The van der Waals surface area contributed by atoms with Crippen molar-refractivity contribution in [2.45, 2.75) is 43.6 Å². The summed E-state index contributed by atoms with van der Waals surface area (Å²) in [4.78, 5) is 14.4. The number of nitrogens with one attached hydrogen (secondary N) is 1. The van der Waals surface area contributed by atoms with E-state index in [1.165, 1.54) is 29.5 Å². The summed E-state index contributed by atoms with van der Waals surface area (Å²) in [5, 5.41) is 12.4. The molecule has 2 aliphatic heterocycles. The Morgan fingerprint density at radius 1 is 1.38 bits per heavy atom. The molecular formula is C16H26N4O2S2. The van der Waals surface area contributed by atoms with Crippen molar-refractivity contribution >= 4 is 34.1 Å². The lowest BCUT2D eigenvalue weighted by atomic mass is 9.92. The number of hydrogen-bond donors (Lipinski definition) is 1. The molecule has 3 rings (SSSR count). The molecule has 1 N–H and O–H groups in total. The van der Waals surface area contributed by atoms with Gasteiger partial charge in [-0.05, 0) is 31.1 Å². The van der Waals surface area contributed by atoms with Crippen LogP contribution in [0, 0.1) is 11.8 Å². The van der Waals surface area contributed by atoms with Crippen LogP contribution in [-0.2, 0) is 9.53 Å². The van der Waals surface area contributed by atoms with Crippen LogP contribution >= 0.6 is 23.1 Å². The minimum Gasteiger partial charge on any atom is -0.376 e. The molecule has 2 fully saturated rings. The summed E-state index contributed by atoms with van der Waals surface area (Å²) in [5.41, 5.74) is 0. The van der Waals surface area contributed by atoms with Crippen LogP contribution in [0.3, 0.4) is 0 Å². The van der Waals surface area contributed by atoms with E-state index in [0.29, 0.717) is 17.6 Å². The number of aromatic nitrogens is 2. The van der Waals surface area contributed by atoms with Crippen LogP contribution in [0.1, 0.15) is 33.1 Å². The number of amides is 1. The number of nitrogens with zero attached hydrogens (tertiary/aromatic N) is 3. The number of likely N-dealkylation sites (tertiary alicyclic amines) is 1. The minimum atomic E-state index is 0.211. The molecule has 134 valence electrons. The average molecular weight is 371 g/mol. The van der Waals surface area contributed by atoms with Gasteiger partial charge in [0.15, 0.2) is 4.34 Å². The third-order valence-corrected chi connectivity index (χ3v) is 6.45. The molecular weight excluding hydrogens is 344 g/mol. The van der Waals surface area contributed by atoms with Crippen molar-refractivity contribution in [3.05, 3.63) is 0 Å². The van der Waals surface area contributed by atoms with Gasteiger partial charge in [-0.25, -0.2) is 0 Å². The minimum absolute atomic E-state index is 0.211. The van der Waals surface area contributed by atoms with Gasteiger partial charge in [-0.2, -0.15) is 0 Å². The molecule has 6 nitrogen and oxygen atoms in total. The van der Waals surface area contributed by atoms with Crippen molar-refractivity contribution < 1.29 is 9.53 Å². The van der Waals surface area contributed by atoms with Crippen molar-refractivity contribution in [1.29, 1.82) is 0 Å². The lowest BCUT2D eigenvalue weighted by Gasteiger charge is -2.34. The van der Waals surface area contributed by atoms with Crippen molar-refractivity contribution in [3.63, 3.8) is 0 Å². The molecule has 8 heteroatoms. The first-order chi connectivity index (χ1) is 11.6. The van der Waals surface area contributed by atoms with E-state index < -0.39 is 0 Å². The number of ether oxygens (including phenoxy) is 1. The van der Waals surface area contributed by atoms with Crippen LogP contribution in [0.25, 0.3) is 0 Å². The molecule has 2 saturated heterocycles. The lowest BCUT2D eigenvalue weighted by molar-refractivity contribution is -0.130. The topological polar surface area (TPSA) is 67.4 Å². The fourth-order valence-electron chi connectivity index (χ4n) is 3.43. The molecule has 0 spiro atoms. The molecule has 0 bridgehead atoms. The molecule has 0 radical (unpaired) electrons. The number of carbonyl (C=O) groups is 1. The van der Waals surface area contributed by atoms with E-state index in [1.54, 1.807) is 0 Å². The Labute approximate surface area is 151 Å². The predicted octanol–water partition coefficient (Wildman–Crippen LogP) is 2.73. The summed E-state index contributed by atoms with van der Waals surface area (Å²) in [6.07, 6.45) is 3.75. The monoisotopic (exact) mass is 370 g/mol. The number of rotatable bonds is 6. The molecule has 0 aromatic carbocycles. The van der Waals surface area contributed by atoms with Crippen LogP contribution in [-0.4, -0.2) is 59.1 Å². The Morgan fingerprint density at radius 2 is 2.17 bits per heavy atom. The van der Waals surface area contributed by atoms with Gasteiger partial charge in [0.05, 0.1) is 11.9 Å². The Morgan fingerprint density at radius 3 is 2.88 bits per heavy atom. The van der Waals surface area contributed by atoms with Crippen LogP contribution in [0.2, 0.25) is 0 Å². The van der Waals surface area contributed by atoms with Crippen molar-refractivity contribution in [1.82, 2.24) is 15.1 Å². The maximum Gasteiger partial charge on any atom is 0.233 e. The summed E-state index contributed by atoms with van der Waals surface area (Å²) in [6.45, 7) is 7.85. The van der Waals surface area contributed by atoms with E-state index >= 15 is 0 Å². The van der Waals surface area contributed by atoms with Crippen molar-refractivity contribution in [2.24, 2.45) is 11.8 Å². The van der Waals surface area contributed by atoms with E-state index in [-0.39, 0.29) is 12.0 Å². The van der Waals surface area contributed by atoms with E-state index in [2.05, 4.69) is 29.4 Å². The highest BCUT2D eigenvalue weighted by atomic mass is 32.2. The third-order valence-electron chi connectivity index (χ3n) is 4.45. The quantitative estimate of drug-likeness (QED) is 0.777. The smallest absolute Gasteiger partial charge is 0.233 e. The second kappa shape index (κ2) is 8.49. The van der Waals surface area contributed by atoms with Gasteiger partial charge < -0.3 is 15.0 Å². The summed E-state index contributed by atoms with van der Waals surface area (Å²) >= 11 is 3.00. The van der Waals surface area contributed by atoms with Gasteiger partial charge in [-0.15, -0.1) is 10.2 Å². The van der Waals surface area contributed by atoms with Gasteiger partial charge in [0, 0.05) is 26.2 Å².